The number of carbonyl (C=O) groups is 1. The lowest BCUT2D eigenvalue weighted by atomic mass is 9.99. The molecule has 94 valence electrons. The van der Waals surface area contributed by atoms with E-state index in [1.165, 1.54) is 0 Å². The third-order valence-corrected chi connectivity index (χ3v) is 3.88. The van der Waals surface area contributed by atoms with Crippen molar-refractivity contribution in [1.82, 2.24) is 10.6 Å². The maximum absolute atomic E-state index is 11.8. The molecule has 1 amide bonds. The van der Waals surface area contributed by atoms with E-state index in [1.54, 1.807) is 0 Å². The van der Waals surface area contributed by atoms with Gasteiger partial charge in [0.2, 0.25) is 5.91 Å². The van der Waals surface area contributed by atoms with Crippen LogP contribution in [0.4, 0.5) is 0 Å². The van der Waals surface area contributed by atoms with Crippen LogP contribution in [0.2, 0.25) is 0 Å². The summed E-state index contributed by atoms with van der Waals surface area (Å²) >= 11 is 1.89. The van der Waals surface area contributed by atoms with Crippen molar-refractivity contribution in [2.75, 3.05) is 25.4 Å². The summed E-state index contributed by atoms with van der Waals surface area (Å²) in [5, 5.41) is 6.29. The van der Waals surface area contributed by atoms with Gasteiger partial charge in [0.05, 0.1) is 5.92 Å². The summed E-state index contributed by atoms with van der Waals surface area (Å²) in [4.78, 5) is 11.8. The van der Waals surface area contributed by atoms with Gasteiger partial charge in [0.25, 0.3) is 0 Å². The van der Waals surface area contributed by atoms with Crippen LogP contribution < -0.4 is 10.6 Å². The van der Waals surface area contributed by atoms with Gasteiger partial charge in [-0.25, -0.2) is 0 Å². The smallest absolute Gasteiger partial charge is 0.224 e. The number of piperidine rings is 1. The van der Waals surface area contributed by atoms with E-state index in [4.69, 9.17) is 0 Å². The van der Waals surface area contributed by atoms with Crippen LogP contribution >= 0.6 is 11.8 Å². The van der Waals surface area contributed by atoms with Crippen LogP contribution in [0, 0.1) is 5.92 Å². The van der Waals surface area contributed by atoms with Crippen LogP contribution in [0.5, 0.6) is 0 Å². The Morgan fingerprint density at radius 2 is 2.25 bits per heavy atom. The summed E-state index contributed by atoms with van der Waals surface area (Å²) in [6.07, 6.45) is 2.15. The highest BCUT2D eigenvalue weighted by molar-refractivity contribution is 8.00. The van der Waals surface area contributed by atoms with Gasteiger partial charge < -0.3 is 10.6 Å². The minimum atomic E-state index is 0.188. The monoisotopic (exact) mass is 244 g/mol. The summed E-state index contributed by atoms with van der Waals surface area (Å²) in [7, 11) is 0. The topological polar surface area (TPSA) is 41.1 Å². The highest BCUT2D eigenvalue weighted by Crippen LogP contribution is 2.22. The van der Waals surface area contributed by atoms with E-state index in [9.17, 15) is 4.79 Å². The van der Waals surface area contributed by atoms with Crippen LogP contribution in [0.1, 0.15) is 33.6 Å². The van der Waals surface area contributed by atoms with Gasteiger partial charge in [0, 0.05) is 23.6 Å². The Kier molecular flexibility index (Phi) is 5.62. The molecule has 1 fully saturated rings. The molecule has 1 saturated heterocycles. The second-order valence-electron chi connectivity index (χ2n) is 5.30. The number of carbonyl (C=O) groups excluding carboxylic acids is 1. The second-order valence-corrected chi connectivity index (χ2v) is 7.22. The number of hydrogen-bond acceptors (Lipinski definition) is 3. The van der Waals surface area contributed by atoms with E-state index in [0.29, 0.717) is 0 Å². The molecule has 0 spiro atoms. The fourth-order valence-corrected chi connectivity index (χ4v) is 2.57. The first kappa shape index (κ1) is 13.8. The molecule has 0 radical (unpaired) electrons. The van der Waals surface area contributed by atoms with E-state index < -0.39 is 0 Å². The number of hydrogen-bond donors (Lipinski definition) is 2. The zero-order chi connectivity index (χ0) is 12.0. The first-order valence-electron chi connectivity index (χ1n) is 6.11. The molecule has 1 atom stereocenters. The maximum Gasteiger partial charge on any atom is 0.224 e. The van der Waals surface area contributed by atoms with Crippen molar-refractivity contribution < 1.29 is 4.79 Å². The average molecular weight is 244 g/mol. The predicted octanol–water partition coefficient (Wildman–Crippen LogP) is 1.63. The number of thioether (sulfide) groups is 1. The Balaban J connectivity index is 2.10. The summed E-state index contributed by atoms with van der Waals surface area (Å²) in [6.45, 7) is 9.29. The molecule has 4 heteroatoms. The molecule has 0 aromatic rings. The van der Waals surface area contributed by atoms with E-state index in [0.717, 1.165) is 38.2 Å². The van der Waals surface area contributed by atoms with E-state index in [2.05, 4.69) is 31.4 Å². The summed E-state index contributed by atoms with van der Waals surface area (Å²) in [5.41, 5.74) is 0. The zero-order valence-corrected chi connectivity index (χ0v) is 11.5. The zero-order valence-electron chi connectivity index (χ0n) is 10.6. The van der Waals surface area contributed by atoms with Crippen molar-refractivity contribution in [2.45, 2.75) is 38.4 Å². The first-order chi connectivity index (χ1) is 7.49. The minimum absolute atomic E-state index is 0.188. The highest BCUT2D eigenvalue weighted by Gasteiger charge is 2.20. The van der Waals surface area contributed by atoms with Gasteiger partial charge >= 0.3 is 0 Å². The van der Waals surface area contributed by atoms with Crippen molar-refractivity contribution in [2.24, 2.45) is 5.92 Å². The van der Waals surface area contributed by atoms with Gasteiger partial charge in [0.1, 0.15) is 0 Å². The second kappa shape index (κ2) is 6.50. The molecule has 0 unspecified atom stereocenters. The van der Waals surface area contributed by atoms with Gasteiger partial charge in [-0.15, -0.1) is 0 Å². The SMILES string of the molecule is CC(C)(C)SCCNC(=O)[C@H]1CCCNC1. The van der Waals surface area contributed by atoms with Crippen LogP contribution in [0.3, 0.4) is 0 Å². The Labute approximate surface area is 103 Å². The van der Waals surface area contributed by atoms with Crippen molar-refractivity contribution in [3.8, 4) is 0 Å². The molecule has 0 bridgehead atoms. The quantitative estimate of drug-likeness (QED) is 0.739. The molecule has 1 aliphatic heterocycles. The standard InChI is InChI=1S/C12H24N2OS/c1-12(2,3)16-8-7-14-11(15)10-5-4-6-13-9-10/h10,13H,4-9H2,1-3H3,(H,14,15)/t10-/m0/s1. The maximum atomic E-state index is 11.8. The fourth-order valence-electron chi connectivity index (χ4n) is 1.75. The lowest BCUT2D eigenvalue weighted by Crippen LogP contribution is -2.41. The lowest BCUT2D eigenvalue weighted by molar-refractivity contribution is -0.125. The number of nitrogens with one attached hydrogen (secondary N) is 2. The third-order valence-electron chi connectivity index (χ3n) is 2.60. The van der Waals surface area contributed by atoms with Gasteiger partial charge in [-0.1, -0.05) is 20.8 Å². The van der Waals surface area contributed by atoms with Gasteiger partial charge in [0.15, 0.2) is 0 Å². The normalized spacial score (nSPS) is 21.8. The molecule has 0 aliphatic carbocycles. The Morgan fingerprint density at radius 3 is 2.81 bits per heavy atom. The van der Waals surface area contributed by atoms with Crippen LogP contribution in [-0.2, 0) is 4.79 Å². The molecule has 2 N–H and O–H groups in total. The van der Waals surface area contributed by atoms with Gasteiger partial charge in [-0.05, 0) is 19.4 Å². The summed E-state index contributed by atoms with van der Waals surface area (Å²) in [6, 6.07) is 0. The van der Waals surface area contributed by atoms with Gasteiger partial charge in [-0.2, -0.15) is 11.8 Å². The summed E-state index contributed by atoms with van der Waals surface area (Å²) in [5.74, 6) is 1.41. The molecule has 1 rings (SSSR count). The minimum Gasteiger partial charge on any atom is -0.355 e. The fraction of sp³-hybridized carbons (Fsp3) is 0.917. The van der Waals surface area contributed by atoms with E-state index in [-0.39, 0.29) is 16.6 Å². The van der Waals surface area contributed by atoms with Crippen molar-refractivity contribution >= 4 is 17.7 Å². The Bertz CT molecular complexity index is 220. The summed E-state index contributed by atoms with van der Waals surface area (Å²) < 4.78 is 0.289. The molecule has 1 heterocycles. The molecule has 16 heavy (non-hydrogen) atoms. The molecule has 3 nitrogen and oxygen atoms in total. The van der Waals surface area contributed by atoms with E-state index in [1.807, 2.05) is 11.8 Å². The number of rotatable bonds is 4. The third kappa shape index (κ3) is 5.75. The van der Waals surface area contributed by atoms with Crippen LogP contribution in [0.25, 0.3) is 0 Å². The van der Waals surface area contributed by atoms with Crippen LogP contribution in [-0.4, -0.2) is 36.0 Å². The molecule has 0 saturated carbocycles. The largest absolute Gasteiger partial charge is 0.355 e. The van der Waals surface area contributed by atoms with Gasteiger partial charge in [-0.3, -0.25) is 4.79 Å². The lowest BCUT2D eigenvalue weighted by Gasteiger charge is -2.22. The predicted molar refractivity (Wildman–Crippen MR) is 70.8 cm³/mol. The van der Waals surface area contributed by atoms with Crippen molar-refractivity contribution in [3.05, 3.63) is 0 Å². The molecular formula is C12H24N2OS. The Morgan fingerprint density at radius 1 is 1.50 bits per heavy atom. The molecule has 0 aromatic heterocycles. The van der Waals surface area contributed by atoms with Crippen LogP contribution in [0.15, 0.2) is 0 Å². The number of amides is 1. The first-order valence-corrected chi connectivity index (χ1v) is 7.10. The van der Waals surface area contributed by atoms with Crippen molar-refractivity contribution in [3.63, 3.8) is 0 Å². The van der Waals surface area contributed by atoms with E-state index >= 15 is 0 Å². The molecule has 0 aromatic carbocycles. The molecule has 1 aliphatic rings. The highest BCUT2D eigenvalue weighted by atomic mass is 32.2. The average Bonchev–Trinajstić information content (AvgIpc) is 2.24. The Hall–Kier alpha value is -0.220. The molecular weight excluding hydrogens is 220 g/mol. The van der Waals surface area contributed by atoms with Crippen molar-refractivity contribution in [1.29, 1.82) is 0 Å².